The van der Waals surface area contributed by atoms with E-state index < -0.39 is 0 Å². The van der Waals surface area contributed by atoms with Gasteiger partial charge in [-0.25, -0.2) is 0 Å². The van der Waals surface area contributed by atoms with Crippen molar-refractivity contribution in [3.8, 4) is 5.75 Å². The fraction of sp³-hybridized carbons (Fsp3) is 0.381. The zero-order valence-corrected chi connectivity index (χ0v) is 14.3. The zero-order chi connectivity index (χ0) is 17.2. The maximum Gasteiger partial charge on any atom is 0.226 e. The van der Waals surface area contributed by atoms with E-state index in [2.05, 4.69) is 17.4 Å². The minimum absolute atomic E-state index is 0.0808. The number of carbonyl (C=O) groups excluding carboxylic acids is 1. The van der Waals surface area contributed by atoms with Gasteiger partial charge in [-0.15, -0.1) is 0 Å². The number of rotatable bonds is 4. The standard InChI is InChI=1S/C21H24N2O2/c24-18-10-4-6-15(12-18)19-13-20(19)21(25)23-11-5-9-17(14-23)22-16-7-2-1-3-8-16/h1-4,6-8,10,12,17,19-20,22,24H,5,9,11,13-14H2/t17?,19-,20+/m1/s1. The molecule has 0 aromatic heterocycles. The number of hydrogen-bond acceptors (Lipinski definition) is 3. The summed E-state index contributed by atoms with van der Waals surface area (Å²) >= 11 is 0. The highest BCUT2D eigenvalue weighted by atomic mass is 16.3. The summed E-state index contributed by atoms with van der Waals surface area (Å²) in [5, 5.41) is 13.2. The summed E-state index contributed by atoms with van der Waals surface area (Å²) in [5.74, 6) is 0.896. The Kier molecular flexibility index (Phi) is 4.35. The molecule has 0 radical (unpaired) electrons. The molecule has 1 amide bonds. The first-order valence-corrected chi connectivity index (χ1v) is 9.10. The number of hydrogen-bond donors (Lipinski definition) is 2. The van der Waals surface area contributed by atoms with Gasteiger partial charge < -0.3 is 15.3 Å². The van der Waals surface area contributed by atoms with Gasteiger partial charge in [0, 0.05) is 30.7 Å². The van der Waals surface area contributed by atoms with Crippen LogP contribution in [0, 0.1) is 5.92 Å². The van der Waals surface area contributed by atoms with E-state index in [9.17, 15) is 9.90 Å². The Morgan fingerprint density at radius 1 is 1.12 bits per heavy atom. The molecule has 2 fully saturated rings. The minimum atomic E-state index is 0.0808. The summed E-state index contributed by atoms with van der Waals surface area (Å²) in [6.45, 7) is 1.63. The van der Waals surface area contributed by atoms with Gasteiger partial charge in [-0.05, 0) is 55.0 Å². The van der Waals surface area contributed by atoms with Gasteiger partial charge in [-0.3, -0.25) is 4.79 Å². The second-order valence-corrected chi connectivity index (χ2v) is 7.18. The Morgan fingerprint density at radius 3 is 2.76 bits per heavy atom. The van der Waals surface area contributed by atoms with E-state index in [0.717, 1.165) is 43.6 Å². The second-order valence-electron chi connectivity index (χ2n) is 7.18. The van der Waals surface area contributed by atoms with E-state index in [0.29, 0.717) is 6.04 Å². The average molecular weight is 336 g/mol. The van der Waals surface area contributed by atoms with Crippen molar-refractivity contribution in [2.24, 2.45) is 5.92 Å². The summed E-state index contributed by atoms with van der Waals surface area (Å²) < 4.78 is 0. The van der Waals surface area contributed by atoms with Crippen LogP contribution in [0.1, 0.15) is 30.7 Å². The molecule has 0 bridgehead atoms. The third-order valence-corrected chi connectivity index (χ3v) is 5.28. The molecule has 1 aliphatic heterocycles. The van der Waals surface area contributed by atoms with Gasteiger partial charge in [0.1, 0.15) is 5.75 Å². The maximum atomic E-state index is 12.9. The predicted molar refractivity (Wildman–Crippen MR) is 98.6 cm³/mol. The van der Waals surface area contributed by atoms with Crippen LogP contribution in [0.5, 0.6) is 5.75 Å². The lowest BCUT2D eigenvalue weighted by Crippen LogP contribution is -2.45. The highest BCUT2D eigenvalue weighted by Gasteiger charge is 2.46. The molecule has 1 saturated carbocycles. The number of phenols is 1. The van der Waals surface area contributed by atoms with E-state index in [1.54, 1.807) is 12.1 Å². The van der Waals surface area contributed by atoms with Crippen LogP contribution in [0.3, 0.4) is 0 Å². The predicted octanol–water partition coefficient (Wildman–Crippen LogP) is 3.60. The minimum Gasteiger partial charge on any atom is -0.508 e. The van der Waals surface area contributed by atoms with Crippen molar-refractivity contribution in [1.82, 2.24) is 4.90 Å². The topological polar surface area (TPSA) is 52.6 Å². The number of carbonyl (C=O) groups is 1. The number of nitrogens with one attached hydrogen (secondary N) is 1. The molecule has 1 unspecified atom stereocenters. The number of anilines is 1. The zero-order valence-electron chi connectivity index (χ0n) is 14.3. The number of nitrogens with zero attached hydrogens (tertiary/aromatic N) is 1. The van der Waals surface area contributed by atoms with Crippen LogP contribution in [0.15, 0.2) is 54.6 Å². The van der Waals surface area contributed by atoms with Crippen molar-refractivity contribution in [2.75, 3.05) is 18.4 Å². The van der Waals surface area contributed by atoms with Gasteiger partial charge in [-0.2, -0.15) is 0 Å². The summed E-state index contributed by atoms with van der Waals surface area (Å²) in [6.07, 6.45) is 3.04. The lowest BCUT2D eigenvalue weighted by atomic mass is 10.0. The Balaban J connectivity index is 1.36. The van der Waals surface area contributed by atoms with E-state index in [1.807, 2.05) is 35.2 Å². The number of amides is 1. The SMILES string of the molecule is O=C([C@H]1C[C@@H]1c1cccc(O)c1)N1CCCC(Nc2ccccc2)C1. The number of benzene rings is 2. The van der Waals surface area contributed by atoms with Crippen molar-refractivity contribution in [3.63, 3.8) is 0 Å². The molecule has 1 aliphatic carbocycles. The molecule has 130 valence electrons. The van der Waals surface area contributed by atoms with E-state index in [4.69, 9.17) is 0 Å². The van der Waals surface area contributed by atoms with Crippen molar-refractivity contribution in [1.29, 1.82) is 0 Å². The molecule has 4 heteroatoms. The molecule has 1 heterocycles. The number of aromatic hydroxyl groups is 1. The molecule has 3 atom stereocenters. The Morgan fingerprint density at radius 2 is 1.96 bits per heavy atom. The van der Waals surface area contributed by atoms with Crippen LogP contribution in [0.25, 0.3) is 0 Å². The van der Waals surface area contributed by atoms with Gasteiger partial charge in [0.15, 0.2) is 0 Å². The lowest BCUT2D eigenvalue weighted by molar-refractivity contribution is -0.133. The first-order valence-electron chi connectivity index (χ1n) is 9.10. The van der Waals surface area contributed by atoms with Crippen molar-refractivity contribution in [3.05, 3.63) is 60.2 Å². The summed E-state index contributed by atoms with van der Waals surface area (Å²) in [5.41, 5.74) is 2.19. The smallest absolute Gasteiger partial charge is 0.226 e. The maximum absolute atomic E-state index is 12.9. The third-order valence-electron chi connectivity index (χ3n) is 5.28. The Hall–Kier alpha value is -2.49. The Bertz CT molecular complexity index is 747. The average Bonchev–Trinajstić information content (AvgIpc) is 3.43. The van der Waals surface area contributed by atoms with Crippen LogP contribution in [-0.2, 0) is 4.79 Å². The molecule has 2 N–H and O–H groups in total. The van der Waals surface area contributed by atoms with E-state index >= 15 is 0 Å². The van der Waals surface area contributed by atoms with E-state index in [1.165, 1.54) is 0 Å². The molecule has 1 saturated heterocycles. The third kappa shape index (κ3) is 3.63. The molecule has 0 spiro atoms. The van der Waals surface area contributed by atoms with Gasteiger partial charge in [0.2, 0.25) is 5.91 Å². The molecule has 2 aromatic carbocycles. The fourth-order valence-corrected chi connectivity index (χ4v) is 3.89. The van der Waals surface area contributed by atoms with Gasteiger partial charge in [0.05, 0.1) is 0 Å². The molecular weight excluding hydrogens is 312 g/mol. The summed E-state index contributed by atoms with van der Waals surface area (Å²) in [7, 11) is 0. The molecular formula is C21H24N2O2. The molecule has 25 heavy (non-hydrogen) atoms. The number of phenolic OH excluding ortho intramolecular Hbond substituents is 1. The quantitative estimate of drug-likeness (QED) is 0.897. The number of piperidine rings is 1. The van der Waals surface area contributed by atoms with Gasteiger partial charge in [0.25, 0.3) is 0 Å². The largest absolute Gasteiger partial charge is 0.508 e. The van der Waals surface area contributed by atoms with Crippen LogP contribution in [0.2, 0.25) is 0 Å². The monoisotopic (exact) mass is 336 g/mol. The normalized spacial score (nSPS) is 25.4. The van der Waals surface area contributed by atoms with Crippen molar-refractivity contribution in [2.45, 2.75) is 31.2 Å². The Labute approximate surface area is 148 Å². The second kappa shape index (κ2) is 6.79. The molecule has 4 nitrogen and oxygen atoms in total. The molecule has 2 aliphatic rings. The van der Waals surface area contributed by atoms with Crippen molar-refractivity contribution >= 4 is 11.6 Å². The van der Waals surface area contributed by atoms with Crippen LogP contribution >= 0.6 is 0 Å². The number of para-hydroxylation sites is 1. The summed E-state index contributed by atoms with van der Waals surface area (Å²) in [6, 6.07) is 17.8. The lowest BCUT2D eigenvalue weighted by Gasteiger charge is -2.34. The highest BCUT2D eigenvalue weighted by Crippen LogP contribution is 2.49. The van der Waals surface area contributed by atoms with Gasteiger partial charge >= 0.3 is 0 Å². The van der Waals surface area contributed by atoms with Crippen molar-refractivity contribution < 1.29 is 9.90 Å². The first kappa shape index (κ1) is 16.0. The van der Waals surface area contributed by atoms with E-state index in [-0.39, 0.29) is 23.5 Å². The van der Waals surface area contributed by atoms with Crippen LogP contribution in [0.4, 0.5) is 5.69 Å². The number of likely N-dealkylation sites (tertiary alicyclic amines) is 1. The fourth-order valence-electron chi connectivity index (χ4n) is 3.89. The highest BCUT2D eigenvalue weighted by molar-refractivity contribution is 5.83. The van der Waals surface area contributed by atoms with Crippen LogP contribution in [-0.4, -0.2) is 35.0 Å². The molecule has 2 aromatic rings. The molecule has 4 rings (SSSR count). The summed E-state index contributed by atoms with van der Waals surface area (Å²) in [4.78, 5) is 14.9. The van der Waals surface area contributed by atoms with Gasteiger partial charge in [-0.1, -0.05) is 30.3 Å². The van der Waals surface area contributed by atoms with Crippen LogP contribution < -0.4 is 5.32 Å². The first-order chi connectivity index (χ1) is 12.2.